The minimum absolute atomic E-state index is 0.0347. The Kier molecular flexibility index (Phi) is 2.67. The number of hydrogen-bond acceptors (Lipinski definition) is 4. The quantitative estimate of drug-likeness (QED) is 0.600. The summed E-state index contributed by atoms with van der Waals surface area (Å²) in [5.74, 6) is 5.52. The smallest absolute Gasteiger partial charge is 0.0954 e. The first kappa shape index (κ1) is 9.45. The first-order chi connectivity index (χ1) is 6.81. The van der Waals surface area contributed by atoms with Crippen molar-refractivity contribution < 1.29 is 4.42 Å². The molecule has 2 heterocycles. The van der Waals surface area contributed by atoms with Gasteiger partial charge < -0.3 is 4.42 Å². The molecule has 3 N–H and O–H groups in total. The van der Waals surface area contributed by atoms with Crippen LogP contribution in [0.5, 0.6) is 0 Å². The van der Waals surface area contributed by atoms with Crippen molar-refractivity contribution in [3.05, 3.63) is 46.0 Å². The lowest BCUT2D eigenvalue weighted by Gasteiger charge is -2.11. The predicted molar refractivity (Wildman–Crippen MR) is 56.9 cm³/mol. The molecule has 0 spiro atoms. The molecule has 0 aliphatic heterocycles. The zero-order valence-corrected chi connectivity index (χ0v) is 8.67. The lowest BCUT2D eigenvalue weighted by Crippen LogP contribution is -2.27. The van der Waals surface area contributed by atoms with Crippen LogP contribution in [-0.4, -0.2) is 0 Å². The Hall–Kier alpha value is -1.10. The van der Waals surface area contributed by atoms with E-state index >= 15 is 0 Å². The van der Waals surface area contributed by atoms with Gasteiger partial charge in [0, 0.05) is 15.3 Å². The number of rotatable bonds is 3. The van der Waals surface area contributed by atoms with Crippen molar-refractivity contribution in [2.24, 2.45) is 5.84 Å². The molecule has 0 aromatic carbocycles. The summed E-state index contributed by atoms with van der Waals surface area (Å²) in [6.07, 6.45) is 3.36. The number of hydrazine groups is 1. The standard InChI is InChI=1S/C10H12N2OS/c1-7-2-3-9(14-7)10(12-11)8-4-5-13-6-8/h2-6,10,12H,11H2,1H3. The Morgan fingerprint density at radius 1 is 1.43 bits per heavy atom. The first-order valence-corrected chi connectivity index (χ1v) is 5.17. The Labute approximate surface area is 86.5 Å². The minimum Gasteiger partial charge on any atom is -0.472 e. The Morgan fingerprint density at radius 2 is 2.29 bits per heavy atom. The zero-order chi connectivity index (χ0) is 9.97. The van der Waals surface area contributed by atoms with Crippen molar-refractivity contribution in [2.75, 3.05) is 0 Å². The second-order valence-corrected chi connectivity index (χ2v) is 4.42. The number of aryl methyl sites for hydroxylation is 1. The number of nitrogens with two attached hydrogens (primary N) is 1. The van der Waals surface area contributed by atoms with Crippen LogP contribution >= 0.6 is 11.3 Å². The van der Waals surface area contributed by atoms with E-state index in [9.17, 15) is 0 Å². The Bertz CT molecular complexity index is 394. The summed E-state index contributed by atoms with van der Waals surface area (Å²) in [5, 5.41) is 0. The normalized spacial score (nSPS) is 13.0. The summed E-state index contributed by atoms with van der Waals surface area (Å²) in [6.45, 7) is 2.08. The van der Waals surface area contributed by atoms with Crippen LogP contribution < -0.4 is 11.3 Å². The van der Waals surface area contributed by atoms with Gasteiger partial charge in [0.2, 0.25) is 0 Å². The van der Waals surface area contributed by atoms with E-state index < -0.39 is 0 Å². The van der Waals surface area contributed by atoms with E-state index in [0.29, 0.717) is 0 Å². The molecular weight excluding hydrogens is 196 g/mol. The molecule has 0 radical (unpaired) electrons. The van der Waals surface area contributed by atoms with E-state index in [4.69, 9.17) is 10.3 Å². The van der Waals surface area contributed by atoms with Gasteiger partial charge in [-0.25, -0.2) is 5.43 Å². The van der Waals surface area contributed by atoms with Gasteiger partial charge in [-0.3, -0.25) is 5.84 Å². The number of thiophene rings is 1. The molecular formula is C10H12N2OS. The SMILES string of the molecule is Cc1ccc(C(NN)c2ccoc2)s1. The third-order valence-corrected chi connectivity index (χ3v) is 3.15. The van der Waals surface area contributed by atoms with Crippen molar-refractivity contribution in [1.29, 1.82) is 0 Å². The first-order valence-electron chi connectivity index (χ1n) is 4.36. The fraction of sp³-hybridized carbons (Fsp3) is 0.200. The summed E-state index contributed by atoms with van der Waals surface area (Å²) >= 11 is 1.73. The molecule has 0 bridgehead atoms. The molecule has 3 nitrogen and oxygen atoms in total. The second-order valence-electron chi connectivity index (χ2n) is 3.10. The summed E-state index contributed by atoms with van der Waals surface area (Å²) in [6, 6.07) is 6.12. The van der Waals surface area contributed by atoms with E-state index in [1.807, 2.05) is 6.07 Å². The van der Waals surface area contributed by atoms with Crippen LogP contribution in [0.25, 0.3) is 0 Å². The third-order valence-electron chi connectivity index (χ3n) is 2.09. The highest BCUT2D eigenvalue weighted by atomic mass is 32.1. The molecule has 0 saturated heterocycles. The van der Waals surface area contributed by atoms with Crippen LogP contribution in [0.1, 0.15) is 21.4 Å². The lowest BCUT2D eigenvalue weighted by molar-refractivity contribution is 0.554. The Balaban J connectivity index is 2.31. The third kappa shape index (κ3) is 1.72. The van der Waals surface area contributed by atoms with Crippen LogP contribution in [0.15, 0.2) is 35.1 Å². The molecule has 0 amide bonds. The van der Waals surface area contributed by atoms with Crippen LogP contribution in [0.2, 0.25) is 0 Å². The van der Waals surface area contributed by atoms with Gasteiger partial charge in [0.1, 0.15) is 0 Å². The van der Waals surface area contributed by atoms with E-state index in [-0.39, 0.29) is 6.04 Å². The molecule has 14 heavy (non-hydrogen) atoms. The number of furan rings is 1. The molecule has 2 rings (SSSR count). The zero-order valence-electron chi connectivity index (χ0n) is 7.86. The highest BCUT2D eigenvalue weighted by molar-refractivity contribution is 7.12. The van der Waals surface area contributed by atoms with Crippen LogP contribution in [0, 0.1) is 6.92 Å². The van der Waals surface area contributed by atoms with E-state index in [2.05, 4.69) is 24.5 Å². The van der Waals surface area contributed by atoms with E-state index in [1.54, 1.807) is 23.9 Å². The largest absolute Gasteiger partial charge is 0.472 e. The Morgan fingerprint density at radius 3 is 2.79 bits per heavy atom. The van der Waals surface area contributed by atoms with Gasteiger partial charge >= 0.3 is 0 Å². The maximum Gasteiger partial charge on any atom is 0.0954 e. The lowest BCUT2D eigenvalue weighted by atomic mass is 10.1. The predicted octanol–water partition coefficient (Wildman–Crippen LogP) is 2.20. The highest BCUT2D eigenvalue weighted by Crippen LogP contribution is 2.27. The number of hydrogen-bond donors (Lipinski definition) is 2. The molecule has 1 unspecified atom stereocenters. The summed E-state index contributed by atoms with van der Waals surface area (Å²) in [5.41, 5.74) is 3.83. The highest BCUT2D eigenvalue weighted by Gasteiger charge is 2.14. The van der Waals surface area contributed by atoms with Gasteiger partial charge in [-0.1, -0.05) is 0 Å². The fourth-order valence-corrected chi connectivity index (χ4v) is 2.36. The molecule has 74 valence electrons. The van der Waals surface area contributed by atoms with Crippen molar-refractivity contribution in [3.63, 3.8) is 0 Å². The second kappa shape index (κ2) is 3.96. The van der Waals surface area contributed by atoms with Crippen molar-refractivity contribution in [2.45, 2.75) is 13.0 Å². The van der Waals surface area contributed by atoms with Gasteiger partial charge in [0.25, 0.3) is 0 Å². The average Bonchev–Trinajstić information content (AvgIpc) is 2.79. The number of nitrogens with one attached hydrogen (secondary N) is 1. The summed E-state index contributed by atoms with van der Waals surface area (Å²) in [4.78, 5) is 2.48. The molecule has 4 heteroatoms. The summed E-state index contributed by atoms with van der Waals surface area (Å²) in [7, 11) is 0. The van der Waals surface area contributed by atoms with Crippen molar-refractivity contribution in [1.82, 2.24) is 5.43 Å². The summed E-state index contributed by atoms with van der Waals surface area (Å²) < 4.78 is 5.03. The van der Waals surface area contributed by atoms with Crippen molar-refractivity contribution in [3.8, 4) is 0 Å². The van der Waals surface area contributed by atoms with Gasteiger partial charge in [-0.2, -0.15) is 0 Å². The maximum atomic E-state index is 5.52. The topological polar surface area (TPSA) is 51.2 Å². The van der Waals surface area contributed by atoms with Gasteiger partial charge in [-0.15, -0.1) is 11.3 Å². The molecule has 1 atom stereocenters. The average molecular weight is 208 g/mol. The minimum atomic E-state index is 0.0347. The van der Waals surface area contributed by atoms with E-state index in [1.165, 1.54) is 9.75 Å². The van der Waals surface area contributed by atoms with Gasteiger partial charge in [0.15, 0.2) is 0 Å². The maximum absolute atomic E-state index is 5.52. The molecule has 0 aliphatic carbocycles. The van der Waals surface area contributed by atoms with Crippen molar-refractivity contribution >= 4 is 11.3 Å². The molecule has 0 saturated carbocycles. The van der Waals surface area contributed by atoms with Crippen LogP contribution in [0.3, 0.4) is 0 Å². The molecule has 2 aromatic rings. The monoisotopic (exact) mass is 208 g/mol. The van der Waals surface area contributed by atoms with Crippen LogP contribution in [0.4, 0.5) is 0 Å². The molecule has 2 aromatic heterocycles. The van der Waals surface area contributed by atoms with E-state index in [0.717, 1.165) is 5.56 Å². The fourth-order valence-electron chi connectivity index (χ4n) is 1.39. The molecule has 0 aliphatic rings. The van der Waals surface area contributed by atoms with Gasteiger partial charge in [0.05, 0.1) is 18.6 Å². The van der Waals surface area contributed by atoms with Crippen LogP contribution in [-0.2, 0) is 0 Å². The molecule has 0 fully saturated rings. The van der Waals surface area contributed by atoms with Gasteiger partial charge in [-0.05, 0) is 25.1 Å².